The van der Waals surface area contributed by atoms with Crippen LogP contribution in [0.4, 0.5) is 5.82 Å². The molecule has 0 unspecified atom stereocenters. The second-order valence-electron chi connectivity index (χ2n) is 6.09. The second kappa shape index (κ2) is 7.12. The highest BCUT2D eigenvalue weighted by molar-refractivity contribution is 6.33. The average Bonchev–Trinajstić information content (AvgIpc) is 2.98. The molecule has 0 aliphatic heterocycles. The smallest absolute Gasteiger partial charge is 0.255 e. The van der Waals surface area contributed by atoms with Gasteiger partial charge in [-0.1, -0.05) is 38.3 Å². The molecule has 1 N–H and O–H groups in total. The lowest BCUT2D eigenvalue weighted by Gasteiger charge is -2.31. The summed E-state index contributed by atoms with van der Waals surface area (Å²) in [5, 5.41) is 3.38. The Morgan fingerprint density at radius 2 is 2.14 bits per heavy atom. The average molecular weight is 310 g/mol. The molecule has 0 spiro atoms. The fraction of sp³-hybridized carbons (Fsp3) is 0.625. The molecule has 0 saturated heterocycles. The normalized spacial score (nSPS) is 15.5. The number of hydrogen-bond acceptors (Lipinski definition) is 3. The summed E-state index contributed by atoms with van der Waals surface area (Å²) in [4.78, 5) is 19.1. The molecule has 1 fully saturated rings. The zero-order valence-electron chi connectivity index (χ0n) is 13.0. The Bertz CT molecular complexity index is 498. The SMILES string of the molecule is CNc1cc(C(=O)N(CC(C)C)C2CCCC2)c(Cl)cn1. The molecular weight excluding hydrogens is 286 g/mol. The van der Waals surface area contributed by atoms with Crippen LogP contribution in [-0.4, -0.2) is 35.4 Å². The first-order valence-electron chi connectivity index (χ1n) is 7.67. The zero-order valence-corrected chi connectivity index (χ0v) is 13.8. The summed E-state index contributed by atoms with van der Waals surface area (Å²) >= 11 is 6.20. The van der Waals surface area contributed by atoms with Crippen LogP contribution in [0.1, 0.15) is 49.9 Å². The Kier molecular flexibility index (Phi) is 5.45. The summed E-state index contributed by atoms with van der Waals surface area (Å²) in [7, 11) is 1.79. The maximum Gasteiger partial charge on any atom is 0.255 e. The molecule has 0 aromatic carbocycles. The number of pyridine rings is 1. The van der Waals surface area contributed by atoms with Crippen LogP contribution in [0.2, 0.25) is 5.02 Å². The van der Waals surface area contributed by atoms with Crippen LogP contribution in [-0.2, 0) is 0 Å². The minimum absolute atomic E-state index is 0.0273. The Morgan fingerprint density at radius 1 is 1.48 bits per heavy atom. The third-order valence-electron chi connectivity index (χ3n) is 3.93. The first kappa shape index (κ1) is 16.1. The van der Waals surface area contributed by atoms with Gasteiger partial charge in [0.05, 0.1) is 10.6 Å². The van der Waals surface area contributed by atoms with Crippen molar-refractivity contribution >= 4 is 23.3 Å². The maximum atomic E-state index is 12.9. The van der Waals surface area contributed by atoms with Gasteiger partial charge in [0.25, 0.3) is 5.91 Å². The Labute approximate surface area is 131 Å². The lowest BCUT2D eigenvalue weighted by atomic mass is 10.1. The number of nitrogens with one attached hydrogen (secondary N) is 1. The Balaban J connectivity index is 2.28. The predicted octanol–water partition coefficient (Wildman–Crippen LogP) is 3.82. The molecule has 1 aromatic heterocycles. The topological polar surface area (TPSA) is 45.2 Å². The predicted molar refractivity (Wildman–Crippen MR) is 86.9 cm³/mol. The van der Waals surface area contributed by atoms with Crippen molar-refractivity contribution in [3.8, 4) is 0 Å². The number of carbonyl (C=O) groups is 1. The highest BCUT2D eigenvalue weighted by Crippen LogP contribution is 2.28. The molecule has 1 aromatic rings. The van der Waals surface area contributed by atoms with Crippen LogP contribution in [0.25, 0.3) is 0 Å². The van der Waals surface area contributed by atoms with E-state index in [-0.39, 0.29) is 5.91 Å². The molecule has 1 aliphatic rings. The van der Waals surface area contributed by atoms with Crippen molar-refractivity contribution in [1.29, 1.82) is 0 Å². The summed E-state index contributed by atoms with van der Waals surface area (Å²) in [6.45, 7) is 5.06. The molecule has 1 amide bonds. The number of nitrogens with zero attached hydrogens (tertiary/aromatic N) is 2. The van der Waals surface area contributed by atoms with E-state index in [2.05, 4.69) is 24.1 Å². The van der Waals surface area contributed by atoms with E-state index in [1.54, 1.807) is 19.3 Å². The Morgan fingerprint density at radius 3 is 2.71 bits per heavy atom. The van der Waals surface area contributed by atoms with Gasteiger partial charge in [0.15, 0.2) is 0 Å². The lowest BCUT2D eigenvalue weighted by Crippen LogP contribution is -2.41. The lowest BCUT2D eigenvalue weighted by molar-refractivity contribution is 0.0655. The number of carbonyl (C=O) groups excluding carboxylic acids is 1. The van der Waals surface area contributed by atoms with Crippen molar-refractivity contribution in [3.05, 3.63) is 22.8 Å². The highest BCUT2D eigenvalue weighted by Gasteiger charge is 2.29. The van der Waals surface area contributed by atoms with Crippen LogP contribution in [0.3, 0.4) is 0 Å². The van der Waals surface area contributed by atoms with Crippen molar-refractivity contribution in [3.63, 3.8) is 0 Å². The number of anilines is 1. The maximum absolute atomic E-state index is 12.9. The van der Waals surface area contributed by atoms with Crippen LogP contribution >= 0.6 is 11.6 Å². The van der Waals surface area contributed by atoms with Crippen molar-refractivity contribution in [2.75, 3.05) is 18.9 Å². The van der Waals surface area contributed by atoms with Gasteiger partial charge in [-0.05, 0) is 24.8 Å². The zero-order chi connectivity index (χ0) is 15.4. The third-order valence-corrected chi connectivity index (χ3v) is 4.23. The van der Waals surface area contributed by atoms with E-state index < -0.39 is 0 Å². The molecule has 4 nitrogen and oxygen atoms in total. The quantitative estimate of drug-likeness (QED) is 0.899. The molecule has 0 atom stereocenters. The van der Waals surface area contributed by atoms with Gasteiger partial charge >= 0.3 is 0 Å². The second-order valence-corrected chi connectivity index (χ2v) is 6.50. The van der Waals surface area contributed by atoms with E-state index >= 15 is 0 Å². The fourth-order valence-corrected chi connectivity index (χ4v) is 3.09. The van der Waals surface area contributed by atoms with E-state index in [0.717, 1.165) is 19.4 Å². The van der Waals surface area contributed by atoms with Gasteiger partial charge in [-0.25, -0.2) is 4.98 Å². The highest BCUT2D eigenvalue weighted by atomic mass is 35.5. The van der Waals surface area contributed by atoms with E-state index in [0.29, 0.717) is 28.4 Å². The van der Waals surface area contributed by atoms with Gasteiger partial charge in [0.1, 0.15) is 5.82 Å². The van der Waals surface area contributed by atoms with Crippen LogP contribution in [0, 0.1) is 5.92 Å². The summed E-state index contributed by atoms with van der Waals surface area (Å²) < 4.78 is 0. The molecule has 0 bridgehead atoms. The number of aromatic nitrogens is 1. The molecule has 1 saturated carbocycles. The van der Waals surface area contributed by atoms with Gasteiger partial charge in [0.2, 0.25) is 0 Å². The van der Waals surface area contributed by atoms with Gasteiger partial charge in [-0.3, -0.25) is 4.79 Å². The molecule has 5 heteroatoms. The molecule has 116 valence electrons. The molecule has 2 rings (SSSR count). The van der Waals surface area contributed by atoms with Gasteiger partial charge < -0.3 is 10.2 Å². The van der Waals surface area contributed by atoms with E-state index in [1.807, 2.05) is 4.90 Å². The molecule has 21 heavy (non-hydrogen) atoms. The number of halogens is 1. The molecule has 0 radical (unpaired) electrons. The molecule has 1 aliphatic carbocycles. The fourth-order valence-electron chi connectivity index (χ4n) is 2.90. The van der Waals surface area contributed by atoms with E-state index in [1.165, 1.54) is 12.8 Å². The largest absolute Gasteiger partial charge is 0.373 e. The van der Waals surface area contributed by atoms with Gasteiger partial charge in [-0.2, -0.15) is 0 Å². The minimum Gasteiger partial charge on any atom is -0.373 e. The summed E-state index contributed by atoms with van der Waals surface area (Å²) in [6.07, 6.45) is 6.15. The molecule has 1 heterocycles. The van der Waals surface area contributed by atoms with Crippen molar-refractivity contribution in [2.45, 2.75) is 45.6 Å². The number of rotatable bonds is 5. The van der Waals surface area contributed by atoms with Gasteiger partial charge in [-0.15, -0.1) is 0 Å². The van der Waals surface area contributed by atoms with Crippen LogP contribution in [0.5, 0.6) is 0 Å². The summed E-state index contributed by atoms with van der Waals surface area (Å²) in [5.74, 6) is 1.14. The monoisotopic (exact) mass is 309 g/mol. The standard InChI is InChI=1S/C16H24ClN3O/c1-11(2)10-20(12-6-4-5-7-12)16(21)13-8-15(18-3)19-9-14(13)17/h8-9,11-12H,4-7,10H2,1-3H3,(H,18,19). The third kappa shape index (κ3) is 3.88. The van der Waals surface area contributed by atoms with E-state index in [4.69, 9.17) is 11.6 Å². The van der Waals surface area contributed by atoms with Crippen molar-refractivity contribution < 1.29 is 4.79 Å². The number of hydrogen-bond donors (Lipinski definition) is 1. The summed E-state index contributed by atoms with van der Waals surface area (Å²) in [5.41, 5.74) is 0.545. The van der Waals surface area contributed by atoms with Crippen LogP contribution in [0.15, 0.2) is 12.3 Å². The number of amides is 1. The Hall–Kier alpha value is -1.29. The minimum atomic E-state index is 0.0273. The van der Waals surface area contributed by atoms with Gasteiger partial charge in [0, 0.05) is 25.8 Å². The van der Waals surface area contributed by atoms with Crippen molar-refractivity contribution in [2.24, 2.45) is 5.92 Å². The van der Waals surface area contributed by atoms with Crippen LogP contribution < -0.4 is 5.32 Å². The first-order valence-corrected chi connectivity index (χ1v) is 8.05. The first-order chi connectivity index (χ1) is 10.0. The molecular formula is C16H24ClN3O. The van der Waals surface area contributed by atoms with E-state index in [9.17, 15) is 4.79 Å². The van der Waals surface area contributed by atoms with Crippen molar-refractivity contribution in [1.82, 2.24) is 9.88 Å². The summed E-state index contributed by atoms with van der Waals surface area (Å²) in [6, 6.07) is 2.09.